The number of fused-ring (bicyclic) bond motifs is 4. The Bertz CT molecular complexity index is 1340. The van der Waals surface area contributed by atoms with Crippen molar-refractivity contribution in [2.75, 3.05) is 0 Å². The van der Waals surface area contributed by atoms with E-state index in [9.17, 15) is 0 Å². The maximum Gasteiger partial charge on any atom is 0.0974 e. The Labute approximate surface area is 221 Å². The van der Waals surface area contributed by atoms with Crippen molar-refractivity contribution in [3.63, 3.8) is 0 Å². The van der Waals surface area contributed by atoms with Gasteiger partial charge in [-0.3, -0.25) is 9.88 Å². The van der Waals surface area contributed by atoms with E-state index < -0.39 is 0 Å². The van der Waals surface area contributed by atoms with Crippen LogP contribution in [0.5, 0.6) is 0 Å². The van der Waals surface area contributed by atoms with E-state index in [1.165, 1.54) is 93.4 Å². The first-order chi connectivity index (χ1) is 18.1. The number of ether oxygens (including phenoxy) is 1. The molecule has 192 valence electrons. The average molecular weight is 493 g/mol. The monoisotopic (exact) mass is 492 g/mol. The van der Waals surface area contributed by atoms with Crippen LogP contribution in [0.25, 0.3) is 10.8 Å². The van der Waals surface area contributed by atoms with Crippen LogP contribution in [0.2, 0.25) is 0 Å². The quantitative estimate of drug-likeness (QED) is 0.435. The van der Waals surface area contributed by atoms with Crippen LogP contribution in [0.1, 0.15) is 95.5 Å². The number of hydrogen-bond acceptors (Lipinski definition) is 3. The Morgan fingerprint density at radius 2 is 1.78 bits per heavy atom. The zero-order valence-corrected chi connectivity index (χ0v) is 22.3. The van der Waals surface area contributed by atoms with Crippen LogP contribution < -0.4 is 0 Å². The molecule has 1 aromatic carbocycles. The molecule has 1 aromatic heterocycles. The normalized spacial score (nSPS) is 45.9. The molecule has 3 nitrogen and oxygen atoms in total. The lowest BCUT2D eigenvalue weighted by atomic mass is 9.58. The summed E-state index contributed by atoms with van der Waals surface area (Å²) in [5.41, 5.74) is 4.96. The van der Waals surface area contributed by atoms with Gasteiger partial charge in [0, 0.05) is 35.9 Å². The highest BCUT2D eigenvalue weighted by Gasteiger charge is 2.67. The van der Waals surface area contributed by atoms with Crippen molar-refractivity contribution >= 4 is 10.8 Å². The Balaban J connectivity index is 1.06. The van der Waals surface area contributed by atoms with E-state index in [0.29, 0.717) is 11.8 Å². The molecule has 2 spiro atoms. The predicted molar refractivity (Wildman–Crippen MR) is 147 cm³/mol. The minimum Gasteiger partial charge on any atom is -0.359 e. The Morgan fingerprint density at radius 3 is 2.65 bits per heavy atom. The number of hydrogen-bond donors (Lipinski definition) is 0. The van der Waals surface area contributed by atoms with Gasteiger partial charge in [0.25, 0.3) is 0 Å². The van der Waals surface area contributed by atoms with Gasteiger partial charge < -0.3 is 4.74 Å². The van der Waals surface area contributed by atoms with Crippen LogP contribution in [-0.2, 0) is 4.74 Å². The molecule has 5 fully saturated rings. The van der Waals surface area contributed by atoms with Gasteiger partial charge >= 0.3 is 0 Å². The molecular weight excluding hydrogens is 452 g/mol. The van der Waals surface area contributed by atoms with Crippen molar-refractivity contribution in [1.29, 1.82) is 0 Å². The number of benzene rings is 1. The molecule has 3 aliphatic carbocycles. The minimum absolute atomic E-state index is 0.0211. The molecule has 2 saturated carbocycles. The summed E-state index contributed by atoms with van der Waals surface area (Å²) in [6.07, 6.45) is 25.1. The summed E-state index contributed by atoms with van der Waals surface area (Å²) in [7, 11) is 0. The third kappa shape index (κ3) is 2.78. The average Bonchev–Trinajstić information content (AvgIpc) is 3.68. The fourth-order valence-corrected chi connectivity index (χ4v) is 11.1. The van der Waals surface area contributed by atoms with Crippen LogP contribution >= 0.6 is 0 Å². The summed E-state index contributed by atoms with van der Waals surface area (Å²) in [6, 6.07) is 11.8. The summed E-state index contributed by atoms with van der Waals surface area (Å²) in [5.74, 6) is 1.22. The van der Waals surface area contributed by atoms with E-state index in [1.807, 2.05) is 12.4 Å². The Hall–Kier alpha value is -1.97. The van der Waals surface area contributed by atoms with E-state index >= 15 is 0 Å². The maximum absolute atomic E-state index is 7.62. The standard InChI is InChI=1S/C34H40N2O/c1-32-14-12-26-19-25-4-5-29(36-27-6-7-28(36)9-8-27)20-33(25)15-16-34(26,37-33)31(32)11-10-30(32)23-3-2-22-13-17-35-21-24(22)18-23/h2-3,12-13,17-19,21,27-31H,4-11,14-16,20H2,1H3/t27?,28?,29?,30?,31-,32-,33-,34-/m1/s1. The van der Waals surface area contributed by atoms with Crippen molar-refractivity contribution in [3.8, 4) is 0 Å². The maximum atomic E-state index is 7.62. The van der Waals surface area contributed by atoms with Gasteiger partial charge in [-0.1, -0.05) is 31.2 Å². The SMILES string of the molecule is C[C@]12CC=C3C=C4CCC(N5C6CCC5CC6)C[C@]45CC[C@]3(O5)[C@@H]1CCC2c1ccc2ccncc2c1. The lowest BCUT2D eigenvalue weighted by Gasteiger charge is -2.55. The number of allylic oxidation sites excluding steroid dienone is 1. The minimum atomic E-state index is -0.0461. The molecular formula is C34H40N2O. The van der Waals surface area contributed by atoms with E-state index in [1.54, 1.807) is 11.1 Å². The number of pyridine rings is 1. The third-order valence-electron chi connectivity index (χ3n) is 12.7. The molecule has 9 rings (SSSR count). The van der Waals surface area contributed by atoms with Gasteiger partial charge in [-0.15, -0.1) is 0 Å². The van der Waals surface area contributed by atoms with Gasteiger partial charge in [0.2, 0.25) is 0 Å². The summed E-state index contributed by atoms with van der Waals surface area (Å²) in [6.45, 7) is 2.60. The first kappa shape index (κ1) is 21.9. The van der Waals surface area contributed by atoms with Crippen LogP contribution in [0.4, 0.5) is 0 Å². The molecule has 7 aliphatic rings. The van der Waals surface area contributed by atoms with Crippen LogP contribution in [0.3, 0.4) is 0 Å². The Morgan fingerprint density at radius 1 is 0.919 bits per heavy atom. The van der Waals surface area contributed by atoms with Gasteiger partial charge in [0.1, 0.15) is 0 Å². The second-order valence-corrected chi connectivity index (χ2v) is 14.0. The first-order valence-electron chi connectivity index (χ1n) is 15.3. The molecule has 4 aliphatic heterocycles. The molecule has 0 N–H and O–H groups in total. The van der Waals surface area contributed by atoms with Crippen molar-refractivity contribution in [2.24, 2.45) is 11.3 Å². The van der Waals surface area contributed by atoms with Gasteiger partial charge in [0.05, 0.1) is 11.2 Å². The van der Waals surface area contributed by atoms with Crippen LogP contribution in [0, 0.1) is 11.3 Å². The molecule has 3 heteroatoms. The molecule has 5 heterocycles. The fraction of sp³-hybridized carbons (Fsp3) is 0.618. The second kappa shape index (κ2) is 7.36. The van der Waals surface area contributed by atoms with Gasteiger partial charge in [-0.25, -0.2) is 0 Å². The highest BCUT2D eigenvalue weighted by Crippen LogP contribution is 2.69. The molecule has 0 amide bonds. The van der Waals surface area contributed by atoms with E-state index in [2.05, 4.69) is 53.2 Å². The van der Waals surface area contributed by atoms with Gasteiger partial charge in [0.15, 0.2) is 0 Å². The molecule has 6 atom stereocenters. The smallest absolute Gasteiger partial charge is 0.0974 e. The zero-order chi connectivity index (χ0) is 24.4. The molecule has 37 heavy (non-hydrogen) atoms. The predicted octanol–water partition coefficient (Wildman–Crippen LogP) is 7.47. The molecule has 2 unspecified atom stereocenters. The second-order valence-electron chi connectivity index (χ2n) is 14.0. The fourth-order valence-electron chi connectivity index (χ4n) is 11.1. The molecule has 0 radical (unpaired) electrons. The summed E-state index contributed by atoms with van der Waals surface area (Å²) < 4.78 is 7.62. The third-order valence-corrected chi connectivity index (χ3v) is 12.7. The first-order valence-corrected chi connectivity index (χ1v) is 15.3. The van der Waals surface area contributed by atoms with Crippen molar-refractivity contribution in [3.05, 3.63) is 65.5 Å². The van der Waals surface area contributed by atoms with E-state index in [4.69, 9.17) is 4.74 Å². The van der Waals surface area contributed by atoms with Crippen molar-refractivity contribution < 1.29 is 4.74 Å². The Kier molecular flexibility index (Phi) is 4.36. The van der Waals surface area contributed by atoms with E-state index in [-0.39, 0.29) is 16.6 Å². The number of rotatable bonds is 2. The van der Waals surface area contributed by atoms with Crippen LogP contribution in [0.15, 0.2) is 60.0 Å². The van der Waals surface area contributed by atoms with Crippen molar-refractivity contribution in [1.82, 2.24) is 9.88 Å². The number of nitrogens with zero attached hydrogens (tertiary/aromatic N) is 2. The topological polar surface area (TPSA) is 25.4 Å². The number of aromatic nitrogens is 1. The summed E-state index contributed by atoms with van der Waals surface area (Å²) in [4.78, 5) is 7.39. The lowest BCUT2D eigenvalue weighted by Crippen LogP contribution is -2.55. The largest absolute Gasteiger partial charge is 0.359 e. The van der Waals surface area contributed by atoms with Crippen LogP contribution in [-0.4, -0.2) is 39.2 Å². The summed E-state index contributed by atoms with van der Waals surface area (Å²) >= 11 is 0. The molecule has 3 saturated heterocycles. The van der Waals surface area contributed by atoms with E-state index in [0.717, 1.165) is 18.1 Å². The van der Waals surface area contributed by atoms with Gasteiger partial charge in [-0.2, -0.15) is 0 Å². The molecule has 2 aromatic rings. The highest BCUT2D eigenvalue weighted by molar-refractivity contribution is 5.82. The molecule has 4 bridgehead atoms. The zero-order valence-electron chi connectivity index (χ0n) is 22.3. The summed E-state index contributed by atoms with van der Waals surface area (Å²) in [5, 5.41) is 2.58. The van der Waals surface area contributed by atoms with Crippen molar-refractivity contribution in [2.45, 2.75) is 119 Å². The lowest BCUT2D eigenvalue weighted by molar-refractivity contribution is -0.141. The highest BCUT2D eigenvalue weighted by atomic mass is 16.5. The van der Waals surface area contributed by atoms with Gasteiger partial charge in [-0.05, 0) is 129 Å².